The molecule has 0 bridgehead atoms. The summed E-state index contributed by atoms with van der Waals surface area (Å²) in [6.45, 7) is 0.527. The lowest BCUT2D eigenvalue weighted by Crippen LogP contribution is -2.18. The van der Waals surface area contributed by atoms with Crippen LogP contribution in [-0.2, 0) is 11.3 Å². The van der Waals surface area contributed by atoms with Crippen molar-refractivity contribution in [1.82, 2.24) is 15.5 Å². The molecule has 2 amide bonds. The van der Waals surface area contributed by atoms with Crippen molar-refractivity contribution >= 4 is 45.7 Å². The van der Waals surface area contributed by atoms with Crippen LogP contribution < -0.4 is 16.0 Å². The molecule has 0 radical (unpaired) electrons. The van der Waals surface area contributed by atoms with Crippen molar-refractivity contribution in [3.8, 4) is 0 Å². The minimum Gasteiger partial charge on any atom is -0.467 e. The Kier molecular flexibility index (Phi) is 6.44. The van der Waals surface area contributed by atoms with Crippen LogP contribution in [0.5, 0.6) is 0 Å². The van der Waals surface area contributed by atoms with Crippen molar-refractivity contribution in [3.05, 3.63) is 54.0 Å². The number of aromatic nitrogens is 2. The zero-order valence-electron chi connectivity index (χ0n) is 14.4. The largest absolute Gasteiger partial charge is 0.467 e. The molecule has 27 heavy (non-hydrogen) atoms. The fourth-order valence-electron chi connectivity index (χ4n) is 2.09. The standard InChI is InChI=1S/C17H17N5O3S2/c1-18-15(24)11-4-6-12(7-5-11)20-14(23)10-26-17-22-21-16(27-17)19-9-13-3-2-8-25-13/h2-8H,9-10H2,1H3,(H,18,24)(H,19,21)(H,20,23). The van der Waals surface area contributed by atoms with Gasteiger partial charge in [-0.2, -0.15) is 0 Å². The maximum absolute atomic E-state index is 12.1. The molecule has 0 unspecified atom stereocenters. The Morgan fingerprint density at radius 1 is 1.19 bits per heavy atom. The number of furan rings is 1. The van der Waals surface area contributed by atoms with Crippen LogP contribution in [0, 0.1) is 0 Å². The molecule has 0 aliphatic carbocycles. The molecule has 0 aliphatic rings. The van der Waals surface area contributed by atoms with Crippen LogP contribution in [0.3, 0.4) is 0 Å². The first-order chi connectivity index (χ1) is 13.1. The van der Waals surface area contributed by atoms with E-state index in [0.29, 0.717) is 27.3 Å². The zero-order valence-corrected chi connectivity index (χ0v) is 16.0. The van der Waals surface area contributed by atoms with Crippen molar-refractivity contribution in [2.24, 2.45) is 0 Å². The van der Waals surface area contributed by atoms with E-state index < -0.39 is 0 Å². The summed E-state index contributed by atoms with van der Waals surface area (Å²) >= 11 is 2.68. The lowest BCUT2D eigenvalue weighted by Gasteiger charge is -2.05. The number of nitrogens with one attached hydrogen (secondary N) is 3. The lowest BCUT2D eigenvalue weighted by atomic mass is 10.2. The molecule has 0 saturated heterocycles. The van der Waals surface area contributed by atoms with Crippen LogP contribution in [0.2, 0.25) is 0 Å². The van der Waals surface area contributed by atoms with Gasteiger partial charge >= 0.3 is 0 Å². The van der Waals surface area contributed by atoms with Crippen LogP contribution in [0.25, 0.3) is 0 Å². The highest BCUT2D eigenvalue weighted by atomic mass is 32.2. The first-order valence-corrected chi connectivity index (χ1v) is 9.79. The summed E-state index contributed by atoms with van der Waals surface area (Å²) in [6, 6.07) is 10.4. The van der Waals surface area contributed by atoms with E-state index in [2.05, 4.69) is 26.1 Å². The predicted molar refractivity (Wildman–Crippen MR) is 105 cm³/mol. The molecule has 2 heterocycles. The van der Waals surface area contributed by atoms with Gasteiger partial charge in [-0.1, -0.05) is 23.1 Å². The molecule has 0 spiro atoms. The predicted octanol–water partition coefficient (Wildman–Crippen LogP) is 2.83. The Morgan fingerprint density at radius 2 is 2.00 bits per heavy atom. The molecular weight excluding hydrogens is 386 g/mol. The number of carbonyl (C=O) groups is 2. The number of rotatable bonds is 8. The van der Waals surface area contributed by atoms with Gasteiger partial charge in [-0.25, -0.2) is 0 Å². The summed E-state index contributed by atoms with van der Waals surface area (Å²) in [7, 11) is 1.57. The summed E-state index contributed by atoms with van der Waals surface area (Å²) in [6.07, 6.45) is 1.61. The molecule has 140 valence electrons. The Bertz CT molecular complexity index is 894. The van der Waals surface area contributed by atoms with Crippen molar-refractivity contribution in [3.63, 3.8) is 0 Å². The van der Waals surface area contributed by atoms with Gasteiger partial charge < -0.3 is 20.4 Å². The number of hydrogen-bond acceptors (Lipinski definition) is 8. The first kappa shape index (κ1) is 18.9. The summed E-state index contributed by atoms with van der Waals surface area (Å²) in [4.78, 5) is 23.6. The van der Waals surface area contributed by atoms with Gasteiger partial charge in [0.15, 0.2) is 4.34 Å². The fourth-order valence-corrected chi connectivity index (χ4v) is 3.64. The van der Waals surface area contributed by atoms with Crippen molar-refractivity contribution < 1.29 is 14.0 Å². The minimum absolute atomic E-state index is 0.159. The number of carbonyl (C=O) groups excluding carboxylic acids is 2. The topological polar surface area (TPSA) is 109 Å². The Morgan fingerprint density at radius 3 is 2.70 bits per heavy atom. The van der Waals surface area contributed by atoms with E-state index in [1.165, 1.54) is 23.1 Å². The molecule has 0 fully saturated rings. The summed E-state index contributed by atoms with van der Waals surface area (Å²) < 4.78 is 5.93. The molecule has 3 aromatic rings. The van der Waals surface area contributed by atoms with Gasteiger partial charge in [0.05, 0.1) is 18.6 Å². The van der Waals surface area contributed by atoms with Crippen molar-refractivity contribution in [2.75, 3.05) is 23.4 Å². The van der Waals surface area contributed by atoms with E-state index in [9.17, 15) is 9.59 Å². The third-order valence-corrected chi connectivity index (χ3v) is 5.40. The van der Waals surface area contributed by atoms with Crippen LogP contribution in [-0.4, -0.2) is 34.8 Å². The highest BCUT2D eigenvalue weighted by molar-refractivity contribution is 8.01. The minimum atomic E-state index is -0.170. The van der Waals surface area contributed by atoms with Crippen LogP contribution in [0.15, 0.2) is 51.4 Å². The highest BCUT2D eigenvalue weighted by Gasteiger charge is 2.09. The molecule has 10 heteroatoms. The zero-order chi connectivity index (χ0) is 19.1. The average molecular weight is 403 g/mol. The number of benzene rings is 1. The second-order valence-electron chi connectivity index (χ2n) is 5.30. The van der Waals surface area contributed by atoms with Gasteiger partial charge in [-0.05, 0) is 36.4 Å². The van der Waals surface area contributed by atoms with Crippen LogP contribution in [0.4, 0.5) is 10.8 Å². The molecule has 8 nitrogen and oxygen atoms in total. The summed E-state index contributed by atoms with van der Waals surface area (Å²) in [5, 5.41) is 17.2. The highest BCUT2D eigenvalue weighted by Crippen LogP contribution is 2.26. The van der Waals surface area contributed by atoms with Crippen LogP contribution in [0.1, 0.15) is 16.1 Å². The Hall–Kier alpha value is -2.85. The van der Waals surface area contributed by atoms with Gasteiger partial charge in [0.25, 0.3) is 5.91 Å². The second-order valence-corrected chi connectivity index (χ2v) is 7.50. The maximum Gasteiger partial charge on any atom is 0.251 e. The van der Waals surface area contributed by atoms with E-state index >= 15 is 0 Å². The van der Waals surface area contributed by atoms with E-state index in [4.69, 9.17) is 4.42 Å². The van der Waals surface area contributed by atoms with Gasteiger partial charge in [0.1, 0.15) is 5.76 Å². The van der Waals surface area contributed by atoms with E-state index in [1.807, 2.05) is 12.1 Å². The van der Waals surface area contributed by atoms with E-state index in [1.54, 1.807) is 37.6 Å². The molecule has 0 atom stereocenters. The molecule has 1 aromatic carbocycles. The maximum atomic E-state index is 12.1. The second kappa shape index (κ2) is 9.19. The first-order valence-electron chi connectivity index (χ1n) is 7.98. The normalized spacial score (nSPS) is 10.4. The fraction of sp³-hybridized carbons (Fsp3) is 0.176. The lowest BCUT2D eigenvalue weighted by molar-refractivity contribution is -0.113. The van der Waals surface area contributed by atoms with Gasteiger partial charge in [-0.15, -0.1) is 10.2 Å². The van der Waals surface area contributed by atoms with Crippen molar-refractivity contribution in [2.45, 2.75) is 10.9 Å². The Labute approximate surface area is 163 Å². The quantitative estimate of drug-likeness (QED) is 0.496. The molecule has 3 N–H and O–H groups in total. The molecule has 2 aromatic heterocycles. The summed E-state index contributed by atoms with van der Waals surface area (Å²) in [5.74, 6) is 0.690. The number of hydrogen-bond donors (Lipinski definition) is 3. The van der Waals surface area contributed by atoms with E-state index in [-0.39, 0.29) is 17.6 Å². The smallest absolute Gasteiger partial charge is 0.251 e. The molecule has 3 rings (SSSR count). The number of amides is 2. The molecule has 0 aliphatic heterocycles. The van der Waals surface area contributed by atoms with Gasteiger partial charge in [0, 0.05) is 18.3 Å². The monoisotopic (exact) mass is 403 g/mol. The Balaban J connectivity index is 1.44. The van der Waals surface area contributed by atoms with Crippen molar-refractivity contribution in [1.29, 1.82) is 0 Å². The number of thioether (sulfide) groups is 1. The van der Waals surface area contributed by atoms with E-state index in [0.717, 1.165) is 5.76 Å². The summed E-state index contributed by atoms with van der Waals surface area (Å²) in [5.41, 5.74) is 1.17. The van der Waals surface area contributed by atoms with Gasteiger partial charge in [-0.3, -0.25) is 9.59 Å². The number of nitrogens with zero attached hydrogens (tertiary/aromatic N) is 2. The SMILES string of the molecule is CNC(=O)c1ccc(NC(=O)CSc2nnc(NCc3ccco3)s2)cc1. The average Bonchev–Trinajstić information content (AvgIpc) is 3.36. The third kappa shape index (κ3) is 5.56. The molecular formula is C17H17N5O3S2. The van der Waals surface area contributed by atoms with Gasteiger partial charge in [0.2, 0.25) is 11.0 Å². The molecule has 0 saturated carbocycles. The number of anilines is 2. The third-order valence-electron chi connectivity index (χ3n) is 3.39. The van der Waals surface area contributed by atoms with Crippen LogP contribution >= 0.6 is 23.1 Å².